The average Bonchev–Trinajstić information content (AvgIpc) is 2.45. The first-order chi connectivity index (χ1) is 9.83. The summed E-state index contributed by atoms with van der Waals surface area (Å²) in [4.78, 5) is 0. The van der Waals surface area contributed by atoms with Crippen LogP contribution in [0.3, 0.4) is 0 Å². The van der Waals surface area contributed by atoms with Crippen molar-refractivity contribution in [1.82, 2.24) is 0 Å². The first-order valence-corrected chi connectivity index (χ1v) is 9.01. The third-order valence-corrected chi connectivity index (χ3v) is 3.28. The van der Waals surface area contributed by atoms with Crippen LogP contribution in [0.4, 0.5) is 0 Å². The van der Waals surface area contributed by atoms with Crippen molar-refractivity contribution in [3.8, 4) is 0 Å². The van der Waals surface area contributed by atoms with Crippen molar-refractivity contribution in [2.24, 2.45) is 0 Å². The van der Waals surface area contributed by atoms with E-state index in [-0.39, 0.29) is 6.61 Å². The van der Waals surface area contributed by atoms with Crippen LogP contribution in [0.15, 0.2) is 0 Å². The van der Waals surface area contributed by atoms with E-state index in [4.69, 9.17) is 9.84 Å². The van der Waals surface area contributed by atoms with Crippen LogP contribution in [0.2, 0.25) is 0 Å². The van der Waals surface area contributed by atoms with E-state index in [0.29, 0.717) is 0 Å². The molecule has 2 nitrogen and oxygen atoms in total. The van der Waals surface area contributed by atoms with Gasteiger partial charge in [-0.15, -0.1) is 0 Å². The highest BCUT2D eigenvalue weighted by Crippen LogP contribution is 2.06. The Bertz CT molecular complexity index is 123. The van der Waals surface area contributed by atoms with Gasteiger partial charge in [-0.1, -0.05) is 78.1 Å². The van der Waals surface area contributed by atoms with Gasteiger partial charge in [0.25, 0.3) is 0 Å². The predicted molar refractivity (Wildman–Crippen MR) is 90.3 cm³/mol. The second-order valence-corrected chi connectivity index (χ2v) is 5.46. The summed E-state index contributed by atoms with van der Waals surface area (Å²) in [5.74, 6) is 0. The number of unbranched alkanes of at least 4 members (excludes halogenated alkanes) is 10. The van der Waals surface area contributed by atoms with Crippen LogP contribution in [0, 0.1) is 0 Å². The van der Waals surface area contributed by atoms with E-state index in [1.807, 2.05) is 0 Å². The molecule has 0 amide bonds. The molecule has 2 heteroatoms. The molecule has 0 aromatic heterocycles. The lowest BCUT2D eigenvalue weighted by Crippen LogP contribution is -1.97. The molecular weight excluding hydrogens is 248 g/mol. The number of rotatable bonds is 14. The summed E-state index contributed by atoms with van der Waals surface area (Å²) in [7, 11) is 0. The monoisotopic (exact) mass is 288 g/mol. The normalized spacial score (nSPS) is 10.2. The summed E-state index contributed by atoms with van der Waals surface area (Å²) >= 11 is 0. The van der Waals surface area contributed by atoms with Crippen molar-refractivity contribution in [3.05, 3.63) is 0 Å². The van der Waals surface area contributed by atoms with Gasteiger partial charge in [-0.2, -0.15) is 0 Å². The van der Waals surface area contributed by atoms with Gasteiger partial charge < -0.3 is 9.84 Å². The standard InChI is InChI=1S/C16H34O.C2H6O/c1-3-5-7-9-11-13-15-17-16-14-12-10-8-6-4-2;1-2-3/h3-16H2,1-2H3;3H,2H2,1H3. The van der Waals surface area contributed by atoms with E-state index in [2.05, 4.69) is 13.8 Å². The molecule has 20 heavy (non-hydrogen) atoms. The fourth-order valence-electron chi connectivity index (χ4n) is 2.07. The van der Waals surface area contributed by atoms with E-state index < -0.39 is 0 Å². The number of ether oxygens (including phenoxy) is 1. The zero-order chi connectivity index (χ0) is 15.3. The number of aliphatic hydroxyl groups excluding tert-OH is 1. The van der Waals surface area contributed by atoms with Crippen LogP contribution in [0.1, 0.15) is 97.8 Å². The van der Waals surface area contributed by atoms with Gasteiger partial charge in [-0.3, -0.25) is 0 Å². The first kappa shape index (κ1) is 22.2. The summed E-state index contributed by atoms with van der Waals surface area (Å²) in [6.45, 7) is 8.44. The maximum Gasteiger partial charge on any atom is 0.0466 e. The highest BCUT2D eigenvalue weighted by molar-refractivity contribution is 4.45. The van der Waals surface area contributed by atoms with Crippen molar-refractivity contribution >= 4 is 0 Å². The maximum absolute atomic E-state index is 7.57. The molecule has 0 heterocycles. The molecule has 0 radical (unpaired) electrons. The quantitative estimate of drug-likeness (QED) is 0.414. The van der Waals surface area contributed by atoms with E-state index in [0.717, 1.165) is 13.2 Å². The maximum atomic E-state index is 7.57. The molecule has 0 rings (SSSR count). The first-order valence-electron chi connectivity index (χ1n) is 9.01. The zero-order valence-corrected chi connectivity index (χ0v) is 14.5. The van der Waals surface area contributed by atoms with Crippen LogP contribution < -0.4 is 0 Å². The second-order valence-electron chi connectivity index (χ2n) is 5.46. The molecule has 0 aliphatic rings. The summed E-state index contributed by atoms with van der Waals surface area (Å²) in [6.07, 6.45) is 16.3. The minimum absolute atomic E-state index is 0.250. The molecule has 124 valence electrons. The fourth-order valence-corrected chi connectivity index (χ4v) is 2.07. The van der Waals surface area contributed by atoms with Crippen LogP contribution in [-0.4, -0.2) is 24.9 Å². The van der Waals surface area contributed by atoms with Crippen molar-refractivity contribution in [2.45, 2.75) is 97.8 Å². The van der Waals surface area contributed by atoms with Crippen LogP contribution in [0.5, 0.6) is 0 Å². The van der Waals surface area contributed by atoms with E-state index in [1.165, 1.54) is 77.0 Å². The topological polar surface area (TPSA) is 29.5 Å². The SMILES string of the molecule is CCCCCCCCOCCCCCCCC.CCO. The molecule has 0 atom stereocenters. The Hall–Kier alpha value is -0.0800. The molecule has 0 aromatic carbocycles. The van der Waals surface area contributed by atoms with Crippen molar-refractivity contribution in [1.29, 1.82) is 0 Å². The Morgan fingerprint density at radius 1 is 0.550 bits per heavy atom. The fraction of sp³-hybridized carbons (Fsp3) is 1.00. The Labute approximate surface area is 128 Å². The predicted octanol–water partition coefficient (Wildman–Crippen LogP) is 5.72. The van der Waals surface area contributed by atoms with Crippen LogP contribution >= 0.6 is 0 Å². The van der Waals surface area contributed by atoms with Gasteiger partial charge in [0, 0.05) is 19.8 Å². The molecule has 0 saturated carbocycles. The minimum Gasteiger partial charge on any atom is -0.397 e. The van der Waals surface area contributed by atoms with E-state index in [9.17, 15) is 0 Å². The molecule has 0 aliphatic carbocycles. The third-order valence-electron chi connectivity index (χ3n) is 3.28. The van der Waals surface area contributed by atoms with Crippen molar-refractivity contribution in [2.75, 3.05) is 19.8 Å². The molecule has 0 fully saturated rings. The van der Waals surface area contributed by atoms with Crippen molar-refractivity contribution < 1.29 is 9.84 Å². The second kappa shape index (κ2) is 24.0. The highest BCUT2D eigenvalue weighted by Gasteiger charge is 1.92. The third kappa shape index (κ3) is 26.5. The van der Waals surface area contributed by atoms with Crippen molar-refractivity contribution in [3.63, 3.8) is 0 Å². The Morgan fingerprint density at radius 2 is 0.850 bits per heavy atom. The molecule has 0 saturated heterocycles. The van der Waals surface area contributed by atoms with Gasteiger partial charge in [0.2, 0.25) is 0 Å². The molecule has 0 spiro atoms. The summed E-state index contributed by atoms with van der Waals surface area (Å²) < 4.78 is 5.65. The van der Waals surface area contributed by atoms with Crippen LogP contribution in [0.25, 0.3) is 0 Å². The lowest BCUT2D eigenvalue weighted by atomic mass is 10.1. The summed E-state index contributed by atoms with van der Waals surface area (Å²) in [6, 6.07) is 0. The van der Waals surface area contributed by atoms with E-state index >= 15 is 0 Å². The van der Waals surface area contributed by atoms with Crippen LogP contribution in [-0.2, 0) is 4.74 Å². The van der Waals surface area contributed by atoms with Gasteiger partial charge in [-0.05, 0) is 19.8 Å². The number of hydrogen-bond acceptors (Lipinski definition) is 2. The Kier molecular flexibility index (Phi) is 26.6. The number of hydrogen-bond donors (Lipinski definition) is 1. The summed E-state index contributed by atoms with van der Waals surface area (Å²) in [5, 5.41) is 7.57. The molecule has 1 N–H and O–H groups in total. The lowest BCUT2D eigenvalue weighted by molar-refractivity contribution is 0.125. The minimum atomic E-state index is 0.250. The van der Waals surface area contributed by atoms with Gasteiger partial charge in [0.05, 0.1) is 0 Å². The molecule has 0 aromatic rings. The Morgan fingerprint density at radius 3 is 1.20 bits per heavy atom. The largest absolute Gasteiger partial charge is 0.397 e. The van der Waals surface area contributed by atoms with Gasteiger partial charge in [0.1, 0.15) is 0 Å². The zero-order valence-electron chi connectivity index (χ0n) is 14.5. The average molecular weight is 289 g/mol. The molecule has 0 bridgehead atoms. The van der Waals surface area contributed by atoms with Gasteiger partial charge in [0.15, 0.2) is 0 Å². The van der Waals surface area contributed by atoms with Gasteiger partial charge in [-0.25, -0.2) is 0 Å². The van der Waals surface area contributed by atoms with Gasteiger partial charge >= 0.3 is 0 Å². The molecule has 0 unspecified atom stereocenters. The molecule has 0 aliphatic heterocycles. The van der Waals surface area contributed by atoms with E-state index in [1.54, 1.807) is 6.92 Å². The summed E-state index contributed by atoms with van der Waals surface area (Å²) in [5.41, 5.74) is 0. The number of aliphatic hydroxyl groups is 1. The Balaban J connectivity index is 0. The lowest BCUT2D eigenvalue weighted by Gasteiger charge is -2.04. The highest BCUT2D eigenvalue weighted by atomic mass is 16.5. The molecular formula is C18H40O2. The smallest absolute Gasteiger partial charge is 0.0466 e.